The van der Waals surface area contributed by atoms with Gasteiger partial charge in [-0.3, -0.25) is 9.59 Å². The summed E-state index contributed by atoms with van der Waals surface area (Å²) in [5.74, 6) is -2.97. The number of amides is 2. The number of hydrogen-bond acceptors (Lipinski definition) is 9. The molecule has 0 saturated heterocycles. The third-order valence-electron chi connectivity index (χ3n) is 7.16. The van der Waals surface area contributed by atoms with Gasteiger partial charge < -0.3 is 15.4 Å². The number of nitrogens with zero attached hydrogens (tertiary/aromatic N) is 7. The number of hydrogen-bond donors (Lipinski definition) is 2. The molecule has 1 aliphatic rings. The van der Waals surface area contributed by atoms with Crippen LogP contribution < -0.4 is 10.6 Å². The van der Waals surface area contributed by atoms with Crippen LogP contribution in [-0.4, -0.2) is 64.9 Å². The summed E-state index contributed by atoms with van der Waals surface area (Å²) in [5, 5.41) is 19.8. The lowest BCUT2D eigenvalue weighted by Crippen LogP contribution is -2.41. The number of carbonyl (C=O) groups excluding carboxylic acids is 3. The van der Waals surface area contributed by atoms with Crippen molar-refractivity contribution in [3.05, 3.63) is 75.5 Å². The molecular formula is C30H31ClF3N9O4. The van der Waals surface area contributed by atoms with Crippen LogP contribution >= 0.6 is 11.6 Å². The Labute approximate surface area is 271 Å². The molecule has 0 bridgehead atoms. The zero-order chi connectivity index (χ0) is 34.1. The normalized spacial score (nSPS) is 13.6. The zero-order valence-corrected chi connectivity index (χ0v) is 26.6. The molecule has 1 aromatic carbocycles. The van der Waals surface area contributed by atoms with Crippen molar-refractivity contribution in [2.45, 2.75) is 65.2 Å². The monoisotopic (exact) mass is 673 g/mol. The predicted octanol–water partition coefficient (Wildman–Crippen LogP) is 5.02. The van der Waals surface area contributed by atoms with Gasteiger partial charge in [0, 0.05) is 11.7 Å². The maximum Gasteiger partial charge on any atom is 0.455 e. The average molecular weight is 674 g/mol. The summed E-state index contributed by atoms with van der Waals surface area (Å²) in [6.45, 7) is 6.88. The Hall–Kier alpha value is -4.86. The summed E-state index contributed by atoms with van der Waals surface area (Å²) in [4.78, 5) is 45.2. The van der Waals surface area contributed by atoms with Crippen molar-refractivity contribution in [2.24, 2.45) is 5.92 Å². The maximum atomic E-state index is 13.9. The molecule has 0 aliphatic heterocycles. The highest BCUT2D eigenvalue weighted by atomic mass is 35.5. The van der Waals surface area contributed by atoms with E-state index in [1.165, 1.54) is 30.5 Å². The van der Waals surface area contributed by atoms with E-state index < -0.39 is 35.3 Å². The third-order valence-corrected chi connectivity index (χ3v) is 7.45. The SMILES string of the molecule is Cc1cc(C(=O)OCC2CCC2)cc(C(=O)NC(C)(C)C)c1NC(=O)c1cc(Cn2nnc(C(F)(F)F)n2)nn1-c1ncccc1Cl. The number of benzene rings is 1. The minimum absolute atomic E-state index is 0.0116. The molecule has 47 heavy (non-hydrogen) atoms. The number of esters is 1. The van der Waals surface area contributed by atoms with Crippen LogP contribution in [0.3, 0.4) is 0 Å². The molecule has 1 aliphatic carbocycles. The zero-order valence-electron chi connectivity index (χ0n) is 25.9. The van der Waals surface area contributed by atoms with E-state index >= 15 is 0 Å². The molecule has 1 fully saturated rings. The van der Waals surface area contributed by atoms with Gasteiger partial charge in [-0.1, -0.05) is 18.0 Å². The molecule has 2 amide bonds. The van der Waals surface area contributed by atoms with Crippen molar-refractivity contribution < 1.29 is 32.3 Å². The van der Waals surface area contributed by atoms with Crippen molar-refractivity contribution in [1.82, 2.24) is 40.3 Å². The topological polar surface area (TPSA) is 159 Å². The number of carbonyl (C=O) groups is 3. The van der Waals surface area contributed by atoms with Gasteiger partial charge in [0.2, 0.25) is 0 Å². The number of aromatic nitrogens is 7. The van der Waals surface area contributed by atoms with Gasteiger partial charge in [-0.05, 0) is 87.6 Å². The lowest BCUT2D eigenvalue weighted by molar-refractivity contribution is -0.145. The molecular weight excluding hydrogens is 643 g/mol. The summed E-state index contributed by atoms with van der Waals surface area (Å²) in [6, 6.07) is 7.26. The van der Waals surface area contributed by atoms with Gasteiger partial charge >= 0.3 is 12.1 Å². The van der Waals surface area contributed by atoms with Crippen molar-refractivity contribution in [3.8, 4) is 5.82 Å². The summed E-state index contributed by atoms with van der Waals surface area (Å²) in [7, 11) is 0. The number of nitrogens with one attached hydrogen (secondary N) is 2. The number of aryl methyl sites for hydroxylation is 1. The quantitative estimate of drug-likeness (QED) is 0.233. The second-order valence-electron chi connectivity index (χ2n) is 12.2. The van der Waals surface area contributed by atoms with E-state index in [0.717, 1.165) is 23.9 Å². The lowest BCUT2D eigenvalue weighted by Gasteiger charge is -2.25. The van der Waals surface area contributed by atoms with Gasteiger partial charge in [-0.25, -0.2) is 14.5 Å². The van der Waals surface area contributed by atoms with E-state index in [9.17, 15) is 27.6 Å². The van der Waals surface area contributed by atoms with Crippen LogP contribution in [0.15, 0.2) is 36.5 Å². The fourth-order valence-electron chi connectivity index (χ4n) is 4.70. The molecule has 4 aromatic rings. The molecule has 0 spiro atoms. The number of ether oxygens (including phenoxy) is 1. The van der Waals surface area contributed by atoms with E-state index in [4.69, 9.17) is 16.3 Å². The van der Waals surface area contributed by atoms with Gasteiger partial charge in [0.1, 0.15) is 12.2 Å². The Morgan fingerprint density at radius 2 is 1.83 bits per heavy atom. The number of halogens is 4. The number of tetrazole rings is 1. The highest BCUT2D eigenvalue weighted by Crippen LogP contribution is 2.29. The summed E-state index contributed by atoms with van der Waals surface area (Å²) >= 11 is 6.36. The van der Waals surface area contributed by atoms with Crippen LogP contribution in [0.25, 0.3) is 5.82 Å². The standard InChI is InChI=1S/C30H31ClF3N9O4/c1-16-11-18(27(46)47-15-17-7-5-8-17)12-20(25(44)37-29(2,3)4)23(16)36-26(45)22-13-19(14-42-40-28(38-41-42)30(32,33)34)39-43(22)24-21(31)9-6-10-35-24/h6,9-13,17H,5,7-8,14-15H2,1-4H3,(H,36,45)(H,37,44). The van der Waals surface area contributed by atoms with Gasteiger partial charge in [-0.15, -0.1) is 10.2 Å². The van der Waals surface area contributed by atoms with Crippen LogP contribution in [-0.2, 0) is 17.5 Å². The minimum atomic E-state index is -4.80. The Bertz CT molecular complexity index is 1830. The third kappa shape index (κ3) is 7.93. The molecule has 0 atom stereocenters. The van der Waals surface area contributed by atoms with Crippen molar-refractivity contribution in [2.75, 3.05) is 11.9 Å². The van der Waals surface area contributed by atoms with E-state index in [0.29, 0.717) is 16.3 Å². The van der Waals surface area contributed by atoms with Crippen molar-refractivity contribution >= 4 is 35.1 Å². The summed E-state index contributed by atoms with van der Waals surface area (Å²) < 4.78 is 45.7. The Kier molecular flexibility index (Phi) is 9.34. The molecule has 3 heterocycles. The Morgan fingerprint density at radius 3 is 2.45 bits per heavy atom. The fraction of sp³-hybridized carbons (Fsp3) is 0.400. The molecule has 0 radical (unpaired) electrons. The Balaban J connectivity index is 1.50. The number of anilines is 1. The lowest BCUT2D eigenvalue weighted by atomic mass is 9.86. The molecule has 5 rings (SSSR count). The van der Waals surface area contributed by atoms with Gasteiger partial charge in [0.15, 0.2) is 5.82 Å². The largest absolute Gasteiger partial charge is 0.462 e. The van der Waals surface area contributed by atoms with Crippen LogP contribution in [0.4, 0.5) is 18.9 Å². The van der Waals surface area contributed by atoms with Gasteiger partial charge in [-0.2, -0.15) is 23.1 Å². The first kappa shape index (κ1) is 33.5. The number of pyridine rings is 1. The van der Waals surface area contributed by atoms with Crippen LogP contribution in [0.5, 0.6) is 0 Å². The predicted molar refractivity (Wildman–Crippen MR) is 162 cm³/mol. The fourth-order valence-corrected chi connectivity index (χ4v) is 4.91. The van der Waals surface area contributed by atoms with Crippen LogP contribution in [0.1, 0.15) is 88.3 Å². The second-order valence-corrected chi connectivity index (χ2v) is 12.6. The molecule has 248 valence electrons. The average Bonchev–Trinajstić information content (AvgIpc) is 3.60. The van der Waals surface area contributed by atoms with Gasteiger partial charge in [0.05, 0.1) is 34.1 Å². The highest BCUT2D eigenvalue weighted by Gasteiger charge is 2.37. The van der Waals surface area contributed by atoms with E-state index in [-0.39, 0.29) is 52.2 Å². The van der Waals surface area contributed by atoms with E-state index in [2.05, 4.69) is 36.1 Å². The van der Waals surface area contributed by atoms with E-state index in [1.807, 2.05) is 0 Å². The highest BCUT2D eigenvalue weighted by molar-refractivity contribution is 6.32. The van der Waals surface area contributed by atoms with Crippen LogP contribution in [0, 0.1) is 12.8 Å². The smallest absolute Gasteiger partial charge is 0.455 e. The van der Waals surface area contributed by atoms with Gasteiger partial charge in [0.25, 0.3) is 17.6 Å². The van der Waals surface area contributed by atoms with E-state index in [1.54, 1.807) is 33.8 Å². The summed E-state index contributed by atoms with van der Waals surface area (Å²) in [5.41, 5.74) is -0.0389. The molecule has 0 unspecified atom stereocenters. The maximum absolute atomic E-state index is 13.9. The van der Waals surface area contributed by atoms with Crippen molar-refractivity contribution in [1.29, 1.82) is 0 Å². The van der Waals surface area contributed by atoms with Crippen molar-refractivity contribution in [3.63, 3.8) is 0 Å². The first-order valence-corrected chi connectivity index (χ1v) is 15.0. The first-order valence-electron chi connectivity index (χ1n) is 14.6. The number of rotatable bonds is 9. The second kappa shape index (κ2) is 13.1. The number of alkyl halides is 3. The molecule has 13 nitrogen and oxygen atoms in total. The minimum Gasteiger partial charge on any atom is -0.462 e. The molecule has 17 heteroatoms. The molecule has 2 N–H and O–H groups in total. The molecule has 1 saturated carbocycles. The molecule has 3 aromatic heterocycles. The van der Waals surface area contributed by atoms with Crippen LogP contribution in [0.2, 0.25) is 5.02 Å². The summed E-state index contributed by atoms with van der Waals surface area (Å²) in [6.07, 6.45) is -0.316. The Morgan fingerprint density at radius 1 is 1.09 bits per heavy atom. The first-order chi connectivity index (χ1) is 22.1.